The van der Waals surface area contributed by atoms with Crippen LogP contribution < -0.4 is 16.2 Å². The van der Waals surface area contributed by atoms with Crippen LogP contribution in [0.2, 0.25) is 0 Å². The lowest BCUT2D eigenvalue weighted by Gasteiger charge is -2.21. The lowest BCUT2D eigenvalue weighted by atomic mass is 9.84. The molecule has 3 rings (SSSR count). The van der Waals surface area contributed by atoms with Crippen molar-refractivity contribution in [1.29, 1.82) is 0 Å². The van der Waals surface area contributed by atoms with Crippen LogP contribution in [0.1, 0.15) is 74.1 Å². The van der Waals surface area contributed by atoms with Gasteiger partial charge < -0.3 is 20.9 Å². The molecule has 2 aromatic rings. The number of ether oxygens (including phenoxy) is 2. The molecule has 0 aliphatic heterocycles. The van der Waals surface area contributed by atoms with E-state index in [9.17, 15) is 4.79 Å². The summed E-state index contributed by atoms with van der Waals surface area (Å²) in [5.41, 5.74) is 17.7. The molecule has 33 heavy (non-hydrogen) atoms. The maximum absolute atomic E-state index is 11.5. The van der Waals surface area contributed by atoms with E-state index in [1.807, 2.05) is 0 Å². The van der Waals surface area contributed by atoms with E-state index in [2.05, 4.69) is 62.4 Å². The van der Waals surface area contributed by atoms with Gasteiger partial charge in [0.1, 0.15) is 11.8 Å². The van der Waals surface area contributed by atoms with Crippen molar-refractivity contribution < 1.29 is 14.3 Å². The molecular formula is C28H38N2O3. The van der Waals surface area contributed by atoms with Gasteiger partial charge in [-0.2, -0.15) is 0 Å². The molecule has 2 aromatic carbocycles. The quantitative estimate of drug-likeness (QED) is 0.348. The molecule has 0 aromatic heterocycles. The van der Waals surface area contributed by atoms with Gasteiger partial charge in [-0.1, -0.05) is 50.3 Å². The number of carbonyl (C=O) groups is 1. The van der Waals surface area contributed by atoms with E-state index < -0.39 is 12.0 Å². The summed E-state index contributed by atoms with van der Waals surface area (Å²) in [6, 6.07) is 14.5. The van der Waals surface area contributed by atoms with Crippen molar-refractivity contribution >= 4 is 17.6 Å². The first-order valence-electron chi connectivity index (χ1n) is 12.2. The average molecular weight is 451 g/mol. The summed E-state index contributed by atoms with van der Waals surface area (Å²) < 4.78 is 11.1. The van der Waals surface area contributed by atoms with Crippen LogP contribution >= 0.6 is 0 Å². The third-order valence-corrected chi connectivity index (χ3v) is 6.15. The Morgan fingerprint density at radius 2 is 1.76 bits per heavy atom. The maximum Gasteiger partial charge on any atom is 0.324 e. The van der Waals surface area contributed by atoms with E-state index in [4.69, 9.17) is 20.9 Å². The second kappa shape index (κ2) is 12.6. The topological polar surface area (TPSA) is 87.6 Å². The number of aryl methyl sites for hydroxylation is 1. The molecule has 178 valence electrons. The Balaban J connectivity index is 1.47. The SMILES string of the molecule is CC(C)c1ccccc1C1=Cc2cc(OCCCCCCOC(=O)C(N)CN)ccc2CC1. The third-order valence-electron chi connectivity index (χ3n) is 6.15. The summed E-state index contributed by atoms with van der Waals surface area (Å²) in [5.74, 6) is 1.01. The van der Waals surface area contributed by atoms with Crippen LogP contribution in [0.3, 0.4) is 0 Å². The molecule has 0 saturated heterocycles. The Hall–Kier alpha value is -2.63. The zero-order chi connectivity index (χ0) is 23.6. The normalized spacial score (nSPS) is 13.9. The Kier molecular flexibility index (Phi) is 9.52. The molecule has 1 unspecified atom stereocenters. The summed E-state index contributed by atoms with van der Waals surface area (Å²) in [6.45, 7) is 5.70. The molecule has 1 aliphatic rings. The lowest BCUT2D eigenvalue weighted by Crippen LogP contribution is -2.39. The third kappa shape index (κ3) is 7.18. The average Bonchev–Trinajstić information content (AvgIpc) is 2.84. The molecule has 0 fully saturated rings. The fraction of sp³-hybridized carbons (Fsp3) is 0.464. The highest BCUT2D eigenvalue weighted by molar-refractivity contribution is 5.86. The second-order valence-electron chi connectivity index (χ2n) is 9.04. The second-order valence-corrected chi connectivity index (χ2v) is 9.04. The maximum atomic E-state index is 11.5. The number of unbranched alkanes of at least 4 members (excludes halogenated alkanes) is 3. The first-order chi connectivity index (χ1) is 16.0. The zero-order valence-electron chi connectivity index (χ0n) is 20.0. The van der Waals surface area contributed by atoms with Gasteiger partial charge in [-0.05, 0) is 84.4 Å². The highest BCUT2D eigenvalue weighted by Gasteiger charge is 2.16. The number of hydrogen-bond acceptors (Lipinski definition) is 5. The smallest absolute Gasteiger partial charge is 0.324 e. The van der Waals surface area contributed by atoms with Crippen LogP contribution in [0.25, 0.3) is 11.6 Å². The predicted octanol–water partition coefficient (Wildman–Crippen LogP) is 5.07. The molecule has 0 heterocycles. The minimum absolute atomic E-state index is 0.112. The van der Waals surface area contributed by atoms with Gasteiger partial charge in [0.2, 0.25) is 0 Å². The number of carbonyl (C=O) groups excluding carboxylic acids is 1. The summed E-state index contributed by atoms with van der Waals surface area (Å²) in [4.78, 5) is 11.5. The van der Waals surface area contributed by atoms with Crippen molar-refractivity contribution in [2.75, 3.05) is 19.8 Å². The van der Waals surface area contributed by atoms with E-state index in [0.717, 1.165) is 44.3 Å². The number of esters is 1. The van der Waals surface area contributed by atoms with Gasteiger partial charge in [0.15, 0.2) is 0 Å². The van der Waals surface area contributed by atoms with E-state index in [1.54, 1.807) is 0 Å². The molecule has 0 saturated carbocycles. The van der Waals surface area contributed by atoms with Gasteiger partial charge in [0.05, 0.1) is 13.2 Å². The van der Waals surface area contributed by atoms with Crippen LogP contribution in [0.15, 0.2) is 42.5 Å². The van der Waals surface area contributed by atoms with Crippen molar-refractivity contribution in [3.63, 3.8) is 0 Å². The van der Waals surface area contributed by atoms with Crippen molar-refractivity contribution in [2.24, 2.45) is 11.5 Å². The van der Waals surface area contributed by atoms with Crippen molar-refractivity contribution in [1.82, 2.24) is 0 Å². The molecule has 0 spiro atoms. The summed E-state index contributed by atoms with van der Waals surface area (Å²) in [7, 11) is 0. The Labute approximate surface area is 198 Å². The van der Waals surface area contributed by atoms with Crippen LogP contribution in [-0.2, 0) is 16.0 Å². The molecule has 5 heteroatoms. The number of benzene rings is 2. The molecule has 0 amide bonds. The largest absolute Gasteiger partial charge is 0.494 e. The number of rotatable bonds is 12. The fourth-order valence-electron chi connectivity index (χ4n) is 4.18. The number of allylic oxidation sites excluding steroid dienone is 1. The standard InChI is InChI=1S/C28H38N2O3/c1-20(2)25-9-5-6-10-26(25)22-12-11-21-13-14-24(18-23(21)17-22)32-15-7-3-4-8-16-33-28(31)27(30)19-29/h5-6,9-10,13-14,17-18,20,27H,3-4,7-8,11-12,15-16,19,29-30H2,1-2H3. The molecule has 1 atom stereocenters. The fourth-order valence-corrected chi connectivity index (χ4v) is 4.18. The van der Waals surface area contributed by atoms with E-state index >= 15 is 0 Å². The summed E-state index contributed by atoms with van der Waals surface area (Å²) in [5, 5.41) is 0. The van der Waals surface area contributed by atoms with Gasteiger partial charge in [-0.3, -0.25) is 4.79 Å². The van der Waals surface area contributed by atoms with Gasteiger partial charge in [-0.15, -0.1) is 0 Å². The molecule has 5 nitrogen and oxygen atoms in total. The van der Waals surface area contributed by atoms with Crippen molar-refractivity contribution in [2.45, 2.75) is 64.3 Å². The Morgan fingerprint density at radius 1 is 1.00 bits per heavy atom. The van der Waals surface area contributed by atoms with Gasteiger partial charge >= 0.3 is 5.97 Å². The highest BCUT2D eigenvalue weighted by atomic mass is 16.5. The number of fused-ring (bicyclic) bond motifs is 1. The van der Waals surface area contributed by atoms with Crippen molar-refractivity contribution in [3.8, 4) is 5.75 Å². The van der Waals surface area contributed by atoms with Crippen LogP contribution in [-0.4, -0.2) is 31.8 Å². The number of hydrogen-bond donors (Lipinski definition) is 2. The van der Waals surface area contributed by atoms with Crippen LogP contribution in [0.4, 0.5) is 0 Å². The molecule has 0 bridgehead atoms. The van der Waals surface area contributed by atoms with E-state index in [-0.39, 0.29) is 6.54 Å². The molecule has 1 aliphatic carbocycles. The summed E-state index contributed by atoms with van der Waals surface area (Å²) >= 11 is 0. The molecule has 0 radical (unpaired) electrons. The van der Waals surface area contributed by atoms with Gasteiger partial charge in [0.25, 0.3) is 0 Å². The van der Waals surface area contributed by atoms with Gasteiger partial charge in [-0.25, -0.2) is 0 Å². The highest BCUT2D eigenvalue weighted by Crippen LogP contribution is 2.35. The lowest BCUT2D eigenvalue weighted by molar-refractivity contribution is -0.145. The Bertz CT molecular complexity index is 952. The predicted molar refractivity (Wildman–Crippen MR) is 135 cm³/mol. The van der Waals surface area contributed by atoms with Crippen molar-refractivity contribution in [3.05, 3.63) is 64.7 Å². The van der Waals surface area contributed by atoms with E-state index in [1.165, 1.54) is 27.8 Å². The number of nitrogens with two attached hydrogens (primary N) is 2. The first-order valence-corrected chi connectivity index (χ1v) is 12.2. The monoisotopic (exact) mass is 450 g/mol. The molecule has 4 N–H and O–H groups in total. The summed E-state index contributed by atoms with van der Waals surface area (Å²) in [6.07, 6.45) is 8.29. The Morgan fingerprint density at radius 3 is 2.52 bits per heavy atom. The zero-order valence-corrected chi connectivity index (χ0v) is 20.0. The van der Waals surface area contributed by atoms with E-state index in [0.29, 0.717) is 19.1 Å². The van der Waals surface area contributed by atoms with Crippen LogP contribution in [0, 0.1) is 0 Å². The minimum atomic E-state index is -0.717. The first kappa shape index (κ1) is 25.0. The van der Waals surface area contributed by atoms with Crippen LogP contribution in [0.5, 0.6) is 5.75 Å². The van der Waals surface area contributed by atoms with Gasteiger partial charge in [0, 0.05) is 6.54 Å². The molecular weight excluding hydrogens is 412 g/mol. The minimum Gasteiger partial charge on any atom is -0.494 e.